The smallest absolute Gasteiger partial charge is 0.201 e. The minimum atomic E-state index is 0.571. The molecule has 4 nitrogen and oxygen atoms in total. The monoisotopic (exact) mass is 247 g/mol. The third-order valence-electron chi connectivity index (χ3n) is 3.59. The molecule has 0 spiro atoms. The Kier molecular flexibility index (Phi) is 3.75. The lowest BCUT2D eigenvalue weighted by molar-refractivity contribution is 0.418. The fourth-order valence-electron chi connectivity index (χ4n) is 2.30. The van der Waals surface area contributed by atoms with E-state index in [0.29, 0.717) is 11.9 Å². The van der Waals surface area contributed by atoms with Crippen LogP contribution >= 0.6 is 0 Å². The third kappa shape index (κ3) is 2.15. The Hall–Kier alpha value is -1.71. The van der Waals surface area contributed by atoms with Crippen molar-refractivity contribution in [2.45, 2.75) is 33.2 Å². The number of para-hydroxylation sites is 1. The van der Waals surface area contributed by atoms with Gasteiger partial charge >= 0.3 is 0 Å². The number of benzene rings is 1. The molecule has 0 radical (unpaired) electrons. The van der Waals surface area contributed by atoms with Crippen LogP contribution in [-0.4, -0.2) is 16.7 Å². The Labute approximate surface area is 108 Å². The number of hydrogen-bond acceptors (Lipinski definition) is 3. The number of rotatable bonds is 5. The van der Waals surface area contributed by atoms with Crippen molar-refractivity contribution < 1.29 is 4.74 Å². The number of fused-ring (bicyclic) bond motifs is 1. The second-order valence-corrected chi connectivity index (χ2v) is 4.59. The van der Waals surface area contributed by atoms with E-state index in [0.717, 1.165) is 36.2 Å². The van der Waals surface area contributed by atoms with Gasteiger partial charge in [-0.25, -0.2) is 4.98 Å². The fraction of sp³-hybridized carbons (Fsp3) is 0.500. The van der Waals surface area contributed by atoms with Crippen LogP contribution in [0.5, 0.6) is 5.75 Å². The van der Waals surface area contributed by atoms with Crippen LogP contribution in [-0.2, 0) is 6.54 Å². The average Bonchev–Trinajstić information content (AvgIpc) is 2.71. The zero-order valence-electron chi connectivity index (χ0n) is 11.3. The van der Waals surface area contributed by atoms with Crippen LogP contribution in [0.2, 0.25) is 0 Å². The summed E-state index contributed by atoms with van der Waals surface area (Å²) in [5.74, 6) is 1.99. The summed E-state index contributed by atoms with van der Waals surface area (Å²) in [7, 11) is 1.66. The molecule has 1 heterocycles. The number of aromatic nitrogens is 2. The maximum atomic E-state index is 6.03. The van der Waals surface area contributed by atoms with E-state index in [1.165, 1.54) is 0 Å². The SMILES string of the molecule is CCC(CC)Cn1c(N)nc2c(OC)cccc21. The van der Waals surface area contributed by atoms with Crippen molar-refractivity contribution >= 4 is 17.0 Å². The molecule has 0 bridgehead atoms. The molecule has 0 aliphatic carbocycles. The highest BCUT2D eigenvalue weighted by Gasteiger charge is 2.14. The molecule has 0 amide bonds. The first kappa shape index (κ1) is 12.7. The van der Waals surface area contributed by atoms with Crippen LogP contribution in [0.1, 0.15) is 26.7 Å². The highest BCUT2D eigenvalue weighted by atomic mass is 16.5. The van der Waals surface area contributed by atoms with Crippen LogP contribution < -0.4 is 10.5 Å². The van der Waals surface area contributed by atoms with Crippen LogP contribution in [0, 0.1) is 5.92 Å². The van der Waals surface area contributed by atoms with E-state index >= 15 is 0 Å². The summed E-state index contributed by atoms with van der Waals surface area (Å²) in [6.07, 6.45) is 2.30. The van der Waals surface area contributed by atoms with Gasteiger partial charge in [-0.3, -0.25) is 0 Å². The van der Waals surface area contributed by atoms with Crippen molar-refractivity contribution in [3.8, 4) is 5.75 Å². The molecule has 0 unspecified atom stereocenters. The number of imidazole rings is 1. The van der Waals surface area contributed by atoms with Gasteiger partial charge in [0.1, 0.15) is 11.3 Å². The minimum absolute atomic E-state index is 0.571. The Balaban J connectivity index is 2.47. The van der Waals surface area contributed by atoms with Crippen molar-refractivity contribution in [3.05, 3.63) is 18.2 Å². The second-order valence-electron chi connectivity index (χ2n) is 4.59. The van der Waals surface area contributed by atoms with E-state index in [2.05, 4.69) is 23.4 Å². The summed E-state index contributed by atoms with van der Waals surface area (Å²) >= 11 is 0. The van der Waals surface area contributed by atoms with E-state index in [1.807, 2.05) is 18.2 Å². The Morgan fingerprint density at radius 3 is 2.67 bits per heavy atom. The van der Waals surface area contributed by atoms with Gasteiger partial charge < -0.3 is 15.0 Å². The predicted octanol–water partition coefficient (Wildman–Crippen LogP) is 3.06. The second kappa shape index (κ2) is 5.29. The zero-order valence-corrected chi connectivity index (χ0v) is 11.3. The summed E-state index contributed by atoms with van der Waals surface area (Å²) in [6.45, 7) is 5.34. The number of hydrogen-bond donors (Lipinski definition) is 1. The summed E-state index contributed by atoms with van der Waals surface area (Å²) in [5.41, 5.74) is 7.94. The number of nitrogen functional groups attached to an aromatic ring is 1. The largest absolute Gasteiger partial charge is 0.494 e. The summed E-state index contributed by atoms with van der Waals surface area (Å²) in [5, 5.41) is 0. The third-order valence-corrected chi connectivity index (χ3v) is 3.59. The first-order valence-electron chi connectivity index (χ1n) is 6.49. The van der Waals surface area contributed by atoms with Crippen molar-refractivity contribution in [2.24, 2.45) is 5.92 Å². The number of ether oxygens (including phenoxy) is 1. The topological polar surface area (TPSA) is 53.1 Å². The number of anilines is 1. The van der Waals surface area contributed by atoms with Crippen LogP contribution in [0.25, 0.3) is 11.0 Å². The van der Waals surface area contributed by atoms with Crippen molar-refractivity contribution in [2.75, 3.05) is 12.8 Å². The zero-order chi connectivity index (χ0) is 13.1. The Bertz CT molecular complexity index is 529. The number of methoxy groups -OCH3 is 1. The van der Waals surface area contributed by atoms with Gasteiger partial charge in [0.2, 0.25) is 5.95 Å². The van der Waals surface area contributed by atoms with Crippen molar-refractivity contribution in [3.63, 3.8) is 0 Å². The van der Waals surface area contributed by atoms with Gasteiger partial charge in [0.25, 0.3) is 0 Å². The van der Waals surface area contributed by atoms with Gasteiger partial charge in [0, 0.05) is 6.54 Å². The standard InChI is InChI=1S/C14H21N3O/c1-4-10(5-2)9-17-11-7-6-8-12(18-3)13(11)16-14(17)15/h6-8,10H,4-5,9H2,1-3H3,(H2,15,16). The fourth-order valence-corrected chi connectivity index (χ4v) is 2.30. The summed E-state index contributed by atoms with van der Waals surface area (Å²) in [6, 6.07) is 5.94. The van der Waals surface area contributed by atoms with Gasteiger partial charge in [-0.05, 0) is 18.1 Å². The van der Waals surface area contributed by atoms with Gasteiger partial charge in [-0.1, -0.05) is 32.8 Å². The quantitative estimate of drug-likeness (QED) is 0.883. The minimum Gasteiger partial charge on any atom is -0.494 e. The van der Waals surface area contributed by atoms with E-state index in [4.69, 9.17) is 10.5 Å². The molecule has 4 heteroatoms. The number of nitrogens with zero attached hydrogens (tertiary/aromatic N) is 2. The lowest BCUT2D eigenvalue weighted by atomic mass is 10.0. The highest BCUT2D eigenvalue weighted by molar-refractivity contribution is 5.84. The van der Waals surface area contributed by atoms with E-state index in [-0.39, 0.29) is 0 Å². The molecule has 0 aliphatic rings. The lowest BCUT2D eigenvalue weighted by Crippen LogP contribution is -2.11. The predicted molar refractivity (Wildman–Crippen MR) is 74.8 cm³/mol. The van der Waals surface area contributed by atoms with Gasteiger partial charge in [-0.2, -0.15) is 0 Å². The van der Waals surface area contributed by atoms with Crippen molar-refractivity contribution in [1.29, 1.82) is 0 Å². The van der Waals surface area contributed by atoms with E-state index < -0.39 is 0 Å². The van der Waals surface area contributed by atoms with Crippen LogP contribution in [0.15, 0.2) is 18.2 Å². The lowest BCUT2D eigenvalue weighted by Gasteiger charge is -2.14. The highest BCUT2D eigenvalue weighted by Crippen LogP contribution is 2.28. The molecule has 0 saturated carbocycles. The van der Waals surface area contributed by atoms with E-state index in [9.17, 15) is 0 Å². The molecule has 0 fully saturated rings. The Morgan fingerprint density at radius 2 is 2.06 bits per heavy atom. The van der Waals surface area contributed by atoms with Crippen LogP contribution in [0.4, 0.5) is 5.95 Å². The normalized spacial score (nSPS) is 11.3. The van der Waals surface area contributed by atoms with E-state index in [1.54, 1.807) is 7.11 Å². The molecule has 2 aromatic rings. The van der Waals surface area contributed by atoms with Gasteiger partial charge in [0.15, 0.2) is 0 Å². The molecule has 0 aliphatic heterocycles. The molecule has 2 rings (SSSR count). The molecule has 0 atom stereocenters. The number of nitrogens with two attached hydrogens (primary N) is 1. The summed E-state index contributed by atoms with van der Waals surface area (Å²) in [4.78, 5) is 4.42. The molecular weight excluding hydrogens is 226 g/mol. The first-order valence-corrected chi connectivity index (χ1v) is 6.49. The summed E-state index contributed by atoms with van der Waals surface area (Å²) < 4.78 is 7.41. The van der Waals surface area contributed by atoms with Gasteiger partial charge in [0.05, 0.1) is 12.6 Å². The molecule has 1 aromatic heterocycles. The average molecular weight is 247 g/mol. The molecular formula is C14H21N3O. The molecule has 2 N–H and O–H groups in total. The van der Waals surface area contributed by atoms with Gasteiger partial charge in [-0.15, -0.1) is 0 Å². The molecule has 98 valence electrons. The first-order chi connectivity index (χ1) is 8.71. The Morgan fingerprint density at radius 1 is 1.33 bits per heavy atom. The maximum absolute atomic E-state index is 6.03. The van der Waals surface area contributed by atoms with Crippen molar-refractivity contribution in [1.82, 2.24) is 9.55 Å². The molecule has 1 aromatic carbocycles. The maximum Gasteiger partial charge on any atom is 0.201 e. The molecule has 0 saturated heterocycles. The van der Waals surface area contributed by atoms with Crippen LogP contribution in [0.3, 0.4) is 0 Å². The molecule has 18 heavy (non-hydrogen) atoms.